The molecule has 2 heterocycles. The van der Waals surface area contributed by atoms with Gasteiger partial charge >= 0.3 is 0 Å². The normalized spacial score (nSPS) is 11.6. The van der Waals surface area contributed by atoms with Crippen LogP contribution >= 0.6 is 0 Å². The maximum absolute atomic E-state index is 11.2. The topological polar surface area (TPSA) is 77.1 Å². The van der Waals surface area contributed by atoms with Crippen molar-refractivity contribution < 1.29 is 9.32 Å². The highest BCUT2D eigenvalue weighted by Crippen LogP contribution is 2.25. The van der Waals surface area contributed by atoms with Gasteiger partial charge in [0.2, 0.25) is 6.41 Å². The van der Waals surface area contributed by atoms with Crippen molar-refractivity contribution in [1.82, 2.24) is 19.9 Å². The van der Waals surface area contributed by atoms with Crippen LogP contribution in [0.5, 0.6) is 0 Å². The first-order valence-corrected chi connectivity index (χ1v) is 6.52. The Morgan fingerprint density at radius 2 is 2.25 bits per heavy atom. The lowest BCUT2D eigenvalue weighted by Crippen LogP contribution is -2.23. The van der Waals surface area contributed by atoms with Crippen LogP contribution < -0.4 is 4.90 Å². The summed E-state index contributed by atoms with van der Waals surface area (Å²) < 4.78 is 7.01. The minimum absolute atomic E-state index is 0.124. The second-order valence-electron chi connectivity index (χ2n) is 5.61. The quantitative estimate of drug-likeness (QED) is 0.750. The summed E-state index contributed by atoms with van der Waals surface area (Å²) in [5, 5.41) is 7.97. The van der Waals surface area contributed by atoms with E-state index in [4.69, 9.17) is 4.52 Å². The number of carbonyl (C=O) groups is 1. The van der Waals surface area contributed by atoms with Crippen molar-refractivity contribution >= 4 is 12.2 Å². The molecule has 0 spiro atoms. The molecule has 108 valence electrons. The maximum atomic E-state index is 11.2. The monoisotopic (exact) mass is 277 g/mol. The molecule has 0 radical (unpaired) electrons. The highest BCUT2D eigenvalue weighted by atomic mass is 16.5. The molecule has 0 saturated heterocycles. The molecule has 0 aliphatic rings. The molecule has 2 aromatic heterocycles. The van der Waals surface area contributed by atoms with Gasteiger partial charge in [-0.3, -0.25) is 14.4 Å². The summed E-state index contributed by atoms with van der Waals surface area (Å²) >= 11 is 0. The first kappa shape index (κ1) is 14.2. The van der Waals surface area contributed by atoms with Crippen LogP contribution in [0.1, 0.15) is 33.0 Å². The molecule has 7 nitrogen and oxygen atoms in total. The minimum Gasteiger partial charge on any atom is -0.359 e. The van der Waals surface area contributed by atoms with Crippen molar-refractivity contribution in [3.63, 3.8) is 0 Å². The summed E-state index contributed by atoms with van der Waals surface area (Å²) in [6, 6.07) is 1.81. The molecule has 0 unspecified atom stereocenters. The average molecular weight is 277 g/mol. The predicted molar refractivity (Wildman–Crippen MR) is 73.3 cm³/mol. The number of rotatable bonds is 6. The van der Waals surface area contributed by atoms with Crippen LogP contribution in [0.25, 0.3) is 0 Å². The Kier molecular flexibility index (Phi) is 4.16. The molecule has 20 heavy (non-hydrogen) atoms. The molecule has 0 atom stereocenters. The number of carbonyl (C=O) groups excluding carboxylic acids is 1. The van der Waals surface area contributed by atoms with E-state index in [1.54, 1.807) is 11.0 Å². The summed E-state index contributed by atoms with van der Waals surface area (Å²) in [6.45, 7) is 7.36. The lowest BCUT2D eigenvalue weighted by atomic mass is 9.93. The van der Waals surface area contributed by atoms with Crippen LogP contribution in [0.3, 0.4) is 0 Å². The largest absolute Gasteiger partial charge is 0.359 e. The highest BCUT2D eigenvalue weighted by Gasteiger charge is 2.21. The fourth-order valence-electron chi connectivity index (χ4n) is 1.73. The van der Waals surface area contributed by atoms with E-state index in [2.05, 4.69) is 15.2 Å². The van der Waals surface area contributed by atoms with Gasteiger partial charge in [-0.25, -0.2) is 4.98 Å². The minimum atomic E-state index is -0.124. The molecule has 0 saturated carbocycles. The van der Waals surface area contributed by atoms with Crippen molar-refractivity contribution in [3.05, 3.63) is 24.5 Å². The van der Waals surface area contributed by atoms with Gasteiger partial charge in [-0.1, -0.05) is 25.9 Å². The van der Waals surface area contributed by atoms with Crippen LogP contribution in [0.4, 0.5) is 5.82 Å². The van der Waals surface area contributed by atoms with E-state index in [1.807, 2.05) is 26.8 Å². The molecule has 2 rings (SSSR count). The summed E-state index contributed by atoms with van der Waals surface area (Å²) in [5.74, 6) is 1.30. The van der Waals surface area contributed by atoms with Gasteiger partial charge in [-0.2, -0.15) is 5.10 Å². The molecule has 0 aliphatic carbocycles. The Balaban J connectivity index is 1.94. The number of anilines is 1. The molecular formula is C13H19N5O2. The van der Waals surface area contributed by atoms with E-state index >= 15 is 0 Å². The lowest BCUT2D eigenvalue weighted by molar-refractivity contribution is -0.107. The zero-order valence-electron chi connectivity index (χ0n) is 12.0. The van der Waals surface area contributed by atoms with Crippen molar-refractivity contribution in [2.45, 2.75) is 39.2 Å². The molecular weight excluding hydrogens is 258 g/mol. The summed E-state index contributed by atoms with van der Waals surface area (Å²) in [7, 11) is 0. The number of hydrogen-bond acceptors (Lipinski definition) is 5. The first-order valence-electron chi connectivity index (χ1n) is 6.52. The Bertz CT molecular complexity index is 541. The van der Waals surface area contributed by atoms with Crippen LogP contribution in [0.2, 0.25) is 0 Å². The molecule has 0 aliphatic heterocycles. The Labute approximate surface area is 117 Å². The lowest BCUT2D eigenvalue weighted by Gasteiger charge is -2.14. The highest BCUT2D eigenvalue weighted by molar-refractivity contribution is 5.72. The number of nitrogens with zero attached hydrogens (tertiary/aromatic N) is 5. The van der Waals surface area contributed by atoms with Gasteiger partial charge in [-0.15, -0.1) is 0 Å². The van der Waals surface area contributed by atoms with Crippen molar-refractivity contribution in [2.75, 3.05) is 11.4 Å². The second kappa shape index (κ2) is 5.85. The van der Waals surface area contributed by atoms with Crippen molar-refractivity contribution in [3.8, 4) is 0 Å². The van der Waals surface area contributed by atoms with E-state index in [9.17, 15) is 4.79 Å². The fraction of sp³-hybridized carbons (Fsp3) is 0.538. The molecule has 0 bridgehead atoms. The van der Waals surface area contributed by atoms with Crippen LogP contribution in [0, 0.1) is 0 Å². The number of aromatic nitrogens is 4. The standard InChI is InChI=1S/C13H19N5O2/c1-13(2,3)11-7-12(16-20-11)17(10-19)5-4-6-18-9-14-8-15-18/h7-10H,4-6H2,1-3H3. The van der Waals surface area contributed by atoms with Gasteiger partial charge in [0.25, 0.3) is 0 Å². The van der Waals surface area contributed by atoms with Crippen LogP contribution in [-0.2, 0) is 16.8 Å². The van der Waals surface area contributed by atoms with E-state index < -0.39 is 0 Å². The van der Waals surface area contributed by atoms with Gasteiger partial charge in [-0.05, 0) is 6.42 Å². The van der Waals surface area contributed by atoms with E-state index in [1.165, 1.54) is 11.2 Å². The smallest absolute Gasteiger partial charge is 0.215 e. The summed E-state index contributed by atoms with van der Waals surface area (Å²) in [5.41, 5.74) is -0.124. The third-order valence-corrected chi connectivity index (χ3v) is 2.91. The Morgan fingerprint density at radius 1 is 1.45 bits per heavy atom. The third-order valence-electron chi connectivity index (χ3n) is 2.91. The molecule has 7 heteroatoms. The van der Waals surface area contributed by atoms with Crippen LogP contribution in [-0.4, -0.2) is 32.9 Å². The Morgan fingerprint density at radius 3 is 2.80 bits per heavy atom. The zero-order chi connectivity index (χ0) is 14.6. The third kappa shape index (κ3) is 3.43. The molecule has 0 fully saturated rings. The SMILES string of the molecule is CC(C)(C)c1cc(N(C=O)CCCn2cncn2)no1. The summed E-state index contributed by atoms with van der Waals surface area (Å²) in [4.78, 5) is 16.6. The molecule has 0 aromatic carbocycles. The van der Waals surface area contributed by atoms with Gasteiger partial charge < -0.3 is 4.52 Å². The molecule has 0 N–H and O–H groups in total. The second-order valence-corrected chi connectivity index (χ2v) is 5.61. The first-order chi connectivity index (χ1) is 9.50. The molecule has 1 amide bonds. The van der Waals surface area contributed by atoms with Crippen LogP contribution in [0.15, 0.2) is 23.2 Å². The maximum Gasteiger partial charge on any atom is 0.215 e. The predicted octanol–water partition coefficient (Wildman–Crippen LogP) is 1.62. The molecule has 2 aromatic rings. The van der Waals surface area contributed by atoms with Gasteiger partial charge in [0.15, 0.2) is 5.82 Å². The van der Waals surface area contributed by atoms with Gasteiger partial charge in [0, 0.05) is 24.6 Å². The number of amides is 1. The fourth-order valence-corrected chi connectivity index (χ4v) is 1.73. The van der Waals surface area contributed by atoms with E-state index in [-0.39, 0.29) is 5.41 Å². The zero-order valence-corrected chi connectivity index (χ0v) is 12.0. The number of hydrogen-bond donors (Lipinski definition) is 0. The Hall–Kier alpha value is -2.18. The van der Waals surface area contributed by atoms with Crippen molar-refractivity contribution in [1.29, 1.82) is 0 Å². The van der Waals surface area contributed by atoms with Crippen molar-refractivity contribution in [2.24, 2.45) is 0 Å². The van der Waals surface area contributed by atoms with Gasteiger partial charge in [0.05, 0.1) is 0 Å². The van der Waals surface area contributed by atoms with E-state index in [0.29, 0.717) is 18.9 Å². The average Bonchev–Trinajstić information content (AvgIpc) is 3.04. The van der Waals surface area contributed by atoms with Gasteiger partial charge in [0.1, 0.15) is 18.4 Å². The summed E-state index contributed by atoms with van der Waals surface area (Å²) in [6.07, 6.45) is 4.68. The number of aryl methyl sites for hydroxylation is 1. The van der Waals surface area contributed by atoms with E-state index in [0.717, 1.165) is 18.6 Å².